The van der Waals surface area contributed by atoms with Crippen LogP contribution in [0.4, 0.5) is 0 Å². The molecule has 1 unspecified atom stereocenters. The van der Waals surface area contributed by atoms with Crippen LogP contribution in [0.25, 0.3) is 0 Å². The lowest BCUT2D eigenvalue weighted by Crippen LogP contribution is -2.13. The zero-order chi connectivity index (χ0) is 13.5. The van der Waals surface area contributed by atoms with Crippen LogP contribution in [0.5, 0.6) is 0 Å². The molecular weight excluding hydrogens is 248 g/mol. The predicted molar refractivity (Wildman–Crippen MR) is 60.8 cm³/mol. The van der Waals surface area contributed by atoms with E-state index in [0.717, 1.165) is 18.4 Å². The lowest BCUT2D eigenvalue weighted by molar-refractivity contribution is -0.143. The third-order valence-electron chi connectivity index (χ3n) is 1.66. The molecular formula is C10H16O6S. The van der Waals surface area contributed by atoms with Gasteiger partial charge < -0.3 is 9.47 Å². The van der Waals surface area contributed by atoms with Gasteiger partial charge in [-0.05, 0) is 13.3 Å². The van der Waals surface area contributed by atoms with Gasteiger partial charge in [-0.15, -0.1) is 0 Å². The van der Waals surface area contributed by atoms with E-state index in [0.29, 0.717) is 6.42 Å². The van der Waals surface area contributed by atoms with Crippen molar-refractivity contribution in [2.45, 2.75) is 26.4 Å². The Morgan fingerprint density at radius 1 is 1.24 bits per heavy atom. The molecule has 0 saturated carbocycles. The first kappa shape index (κ1) is 15.6. The van der Waals surface area contributed by atoms with Gasteiger partial charge in [0, 0.05) is 18.4 Å². The summed E-state index contributed by atoms with van der Waals surface area (Å²) in [5.74, 6) is -2.29. The van der Waals surface area contributed by atoms with Gasteiger partial charge >= 0.3 is 11.9 Å². The Labute approximate surface area is 101 Å². The molecule has 0 amide bonds. The average Bonchev–Trinajstić information content (AvgIpc) is 2.22. The summed E-state index contributed by atoms with van der Waals surface area (Å²) in [6.07, 6.45) is 3.09. The van der Waals surface area contributed by atoms with Crippen LogP contribution in [0.1, 0.15) is 20.3 Å². The molecule has 7 heteroatoms. The van der Waals surface area contributed by atoms with Gasteiger partial charge in [-0.1, -0.05) is 6.92 Å². The zero-order valence-electron chi connectivity index (χ0n) is 10.0. The molecule has 0 aromatic rings. The quantitative estimate of drug-likeness (QED) is 0.510. The Morgan fingerprint density at radius 3 is 2.24 bits per heavy atom. The Morgan fingerprint density at radius 2 is 1.76 bits per heavy atom. The van der Waals surface area contributed by atoms with Gasteiger partial charge in [0.1, 0.15) is 0 Å². The van der Waals surface area contributed by atoms with Crippen LogP contribution in [-0.4, -0.2) is 38.7 Å². The van der Waals surface area contributed by atoms with Gasteiger partial charge in [-0.25, -0.2) is 18.0 Å². The normalized spacial score (nSPS) is 13.4. The van der Waals surface area contributed by atoms with Gasteiger partial charge in [-0.3, -0.25) is 0 Å². The molecule has 98 valence electrons. The molecule has 0 aliphatic carbocycles. The Kier molecular flexibility index (Phi) is 6.48. The van der Waals surface area contributed by atoms with Crippen LogP contribution >= 0.6 is 0 Å². The minimum absolute atomic E-state index is 0.237. The molecule has 6 nitrogen and oxygen atoms in total. The highest BCUT2D eigenvalue weighted by molar-refractivity contribution is 7.90. The molecule has 0 fully saturated rings. The van der Waals surface area contributed by atoms with Gasteiger partial charge in [-0.2, -0.15) is 0 Å². The molecule has 0 bridgehead atoms. The van der Waals surface area contributed by atoms with Crippen molar-refractivity contribution in [2.24, 2.45) is 0 Å². The fourth-order valence-corrected chi connectivity index (χ4v) is 1.00. The standard InChI is InChI=1S/C10H16O6S/c1-4-8(2)16-10(12)6-5-9(11)15-7-17(3,13)14/h5-6,8H,4,7H2,1-3H3/b6-5+. The second-order valence-corrected chi connectivity index (χ2v) is 5.58. The summed E-state index contributed by atoms with van der Waals surface area (Å²) in [4.78, 5) is 22.1. The first-order valence-corrected chi connectivity index (χ1v) is 7.04. The number of ether oxygens (including phenoxy) is 2. The highest BCUT2D eigenvalue weighted by Gasteiger charge is 2.07. The molecule has 0 aromatic heterocycles. The lowest BCUT2D eigenvalue weighted by Gasteiger charge is -2.07. The third-order valence-corrected chi connectivity index (χ3v) is 2.21. The number of hydrogen-bond acceptors (Lipinski definition) is 6. The summed E-state index contributed by atoms with van der Waals surface area (Å²) in [5, 5.41) is 0. The van der Waals surface area contributed by atoms with Gasteiger partial charge in [0.25, 0.3) is 0 Å². The van der Waals surface area contributed by atoms with Crippen LogP contribution in [0.3, 0.4) is 0 Å². The number of carbonyl (C=O) groups excluding carboxylic acids is 2. The summed E-state index contributed by atoms with van der Waals surface area (Å²) >= 11 is 0. The molecule has 0 rings (SSSR count). The van der Waals surface area contributed by atoms with E-state index in [1.54, 1.807) is 6.92 Å². The fraction of sp³-hybridized carbons (Fsp3) is 0.600. The van der Waals surface area contributed by atoms with Crippen LogP contribution in [0.15, 0.2) is 12.2 Å². The summed E-state index contributed by atoms with van der Waals surface area (Å²) in [7, 11) is -3.37. The minimum Gasteiger partial charge on any atom is -0.460 e. The van der Waals surface area contributed by atoms with Gasteiger partial charge in [0.2, 0.25) is 0 Å². The van der Waals surface area contributed by atoms with E-state index >= 15 is 0 Å². The molecule has 0 saturated heterocycles. The Bertz CT molecular complexity index is 395. The van der Waals surface area contributed by atoms with E-state index in [4.69, 9.17) is 4.74 Å². The smallest absolute Gasteiger partial charge is 0.332 e. The van der Waals surface area contributed by atoms with E-state index in [2.05, 4.69) is 4.74 Å². The fourth-order valence-electron chi connectivity index (χ4n) is 0.670. The van der Waals surface area contributed by atoms with Gasteiger partial charge in [0.15, 0.2) is 15.8 Å². The maximum Gasteiger partial charge on any atom is 0.332 e. The maximum absolute atomic E-state index is 11.1. The van der Waals surface area contributed by atoms with Gasteiger partial charge in [0.05, 0.1) is 6.10 Å². The monoisotopic (exact) mass is 264 g/mol. The van der Waals surface area contributed by atoms with E-state index in [9.17, 15) is 18.0 Å². The number of rotatable bonds is 6. The SMILES string of the molecule is CCC(C)OC(=O)/C=C/C(=O)OCS(C)(=O)=O. The van der Waals surface area contributed by atoms with Crippen LogP contribution in [0.2, 0.25) is 0 Å². The largest absolute Gasteiger partial charge is 0.460 e. The lowest BCUT2D eigenvalue weighted by atomic mass is 10.3. The minimum atomic E-state index is -3.37. The summed E-state index contributed by atoms with van der Waals surface area (Å²) in [6.45, 7) is 3.57. The average molecular weight is 264 g/mol. The summed E-state index contributed by atoms with van der Waals surface area (Å²) < 4.78 is 30.5. The molecule has 17 heavy (non-hydrogen) atoms. The molecule has 0 spiro atoms. The maximum atomic E-state index is 11.1. The highest BCUT2D eigenvalue weighted by Crippen LogP contribution is 1.97. The number of hydrogen-bond donors (Lipinski definition) is 0. The second-order valence-electron chi connectivity index (χ2n) is 3.50. The molecule has 0 aliphatic rings. The van der Waals surface area contributed by atoms with E-state index in [1.165, 1.54) is 0 Å². The summed E-state index contributed by atoms with van der Waals surface area (Å²) in [5.41, 5.74) is 0. The highest BCUT2D eigenvalue weighted by atomic mass is 32.2. The van der Waals surface area contributed by atoms with Crippen LogP contribution < -0.4 is 0 Å². The number of sulfone groups is 1. The van der Waals surface area contributed by atoms with Crippen molar-refractivity contribution < 1.29 is 27.5 Å². The van der Waals surface area contributed by atoms with Crippen molar-refractivity contribution in [3.63, 3.8) is 0 Å². The van der Waals surface area contributed by atoms with Crippen LogP contribution in [-0.2, 0) is 28.9 Å². The van der Waals surface area contributed by atoms with E-state index < -0.39 is 27.7 Å². The molecule has 0 radical (unpaired) electrons. The van der Waals surface area contributed by atoms with Crippen molar-refractivity contribution in [1.29, 1.82) is 0 Å². The second kappa shape index (κ2) is 7.05. The molecule has 0 heterocycles. The third kappa shape index (κ3) is 9.55. The van der Waals surface area contributed by atoms with E-state index in [1.807, 2.05) is 6.92 Å². The molecule has 0 aliphatic heterocycles. The zero-order valence-corrected chi connectivity index (χ0v) is 10.8. The van der Waals surface area contributed by atoms with Crippen molar-refractivity contribution in [3.8, 4) is 0 Å². The first-order chi connectivity index (χ1) is 7.74. The van der Waals surface area contributed by atoms with Crippen molar-refractivity contribution in [3.05, 3.63) is 12.2 Å². The van der Waals surface area contributed by atoms with E-state index in [-0.39, 0.29) is 6.10 Å². The predicted octanol–water partition coefficient (Wildman–Crippen LogP) is 0.430. The van der Waals surface area contributed by atoms with Crippen molar-refractivity contribution >= 4 is 21.8 Å². The topological polar surface area (TPSA) is 86.7 Å². The van der Waals surface area contributed by atoms with Crippen molar-refractivity contribution in [2.75, 3.05) is 12.2 Å². The van der Waals surface area contributed by atoms with Crippen molar-refractivity contribution in [1.82, 2.24) is 0 Å². The number of esters is 2. The van der Waals surface area contributed by atoms with Crippen LogP contribution in [0, 0.1) is 0 Å². The Balaban J connectivity index is 4.07. The first-order valence-electron chi connectivity index (χ1n) is 4.97. The number of carbonyl (C=O) groups is 2. The molecule has 0 N–H and O–H groups in total. The summed E-state index contributed by atoms with van der Waals surface area (Å²) in [6, 6.07) is 0. The molecule has 0 aromatic carbocycles. The Hall–Kier alpha value is -1.37. The molecule has 1 atom stereocenters.